The van der Waals surface area contributed by atoms with Crippen molar-refractivity contribution in [2.24, 2.45) is 0 Å². The summed E-state index contributed by atoms with van der Waals surface area (Å²) >= 11 is 4.45. The first kappa shape index (κ1) is 19.3. The molecule has 0 saturated carbocycles. The fraction of sp³-hybridized carbons (Fsp3) is 0.583. The molecular weight excluding hydrogens is 346 g/mol. The van der Waals surface area contributed by atoms with Crippen molar-refractivity contribution in [2.45, 2.75) is 30.9 Å². The van der Waals surface area contributed by atoms with Gasteiger partial charge in [0.25, 0.3) is 11.1 Å². The molecule has 1 aromatic heterocycles. The van der Waals surface area contributed by atoms with Crippen LogP contribution >= 0.6 is 12.2 Å². The van der Waals surface area contributed by atoms with Crippen LogP contribution in [-0.4, -0.2) is 52.5 Å². The lowest BCUT2D eigenvalue weighted by Gasteiger charge is -2.24. The van der Waals surface area contributed by atoms with E-state index in [1.54, 1.807) is 6.07 Å². The summed E-state index contributed by atoms with van der Waals surface area (Å²) in [5, 5.41) is 23.6. The third kappa shape index (κ3) is 5.15. The first-order chi connectivity index (χ1) is 10.6. The van der Waals surface area contributed by atoms with Gasteiger partial charge in [-0.25, -0.2) is 13.9 Å². The molecule has 4 N–H and O–H groups in total. The molecule has 0 aliphatic carbocycles. The third-order valence-corrected chi connectivity index (χ3v) is 5.68. The van der Waals surface area contributed by atoms with Gasteiger partial charge in [-0.15, -0.1) is 0 Å². The summed E-state index contributed by atoms with van der Waals surface area (Å²) < 4.78 is 26.9. The molecule has 0 bridgehead atoms. The van der Waals surface area contributed by atoms with Gasteiger partial charge >= 0.3 is 0 Å². The van der Waals surface area contributed by atoms with Crippen LogP contribution < -0.4 is 10.8 Å². The summed E-state index contributed by atoms with van der Waals surface area (Å²) in [5.41, 5.74) is 1.86. The van der Waals surface area contributed by atoms with Gasteiger partial charge in [0.05, 0.1) is 5.69 Å². The van der Waals surface area contributed by atoms with Gasteiger partial charge in [-0.3, -0.25) is 10.0 Å². The van der Waals surface area contributed by atoms with E-state index in [-0.39, 0.29) is 18.0 Å². The molecule has 1 unspecified atom stereocenters. The highest BCUT2D eigenvalue weighted by Gasteiger charge is 2.43. The highest BCUT2D eigenvalue weighted by atomic mass is 32.2. The number of aliphatic hydroxyl groups excluding tert-OH is 1. The molecule has 1 atom stereocenters. The first-order valence-corrected chi connectivity index (χ1v) is 8.95. The first-order valence-electron chi connectivity index (χ1n) is 6.65. The minimum Gasteiger partial charge on any atom is -0.487 e. The SMILES string of the molecule is CC(CCc1cc(CCNC(O)=S)on1)(C(=O)NO)S(C)(=O)=O. The topological polar surface area (TPSA) is 142 Å². The van der Waals surface area contributed by atoms with Crippen molar-refractivity contribution in [3.05, 3.63) is 17.5 Å². The Balaban J connectivity index is 2.71. The third-order valence-electron chi connectivity index (χ3n) is 3.51. The number of hydroxylamine groups is 1. The Kier molecular flexibility index (Phi) is 6.47. The van der Waals surface area contributed by atoms with Crippen LogP contribution in [0.25, 0.3) is 0 Å². The number of aryl methyl sites for hydroxylation is 1. The number of aliphatic hydroxyl groups is 1. The second-order valence-corrected chi connectivity index (χ2v) is 8.04. The molecular formula is C12H19N3O6S2. The zero-order valence-corrected chi connectivity index (χ0v) is 14.3. The monoisotopic (exact) mass is 365 g/mol. The average molecular weight is 365 g/mol. The zero-order chi connectivity index (χ0) is 17.7. The molecule has 0 fully saturated rings. The van der Waals surface area contributed by atoms with Crippen LogP contribution in [0.1, 0.15) is 24.8 Å². The van der Waals surface area contributed by atoms with Crippen LogP contribution in [0.4, 0.5) is 0 Å². The van der Waals surface area contributed by atoms with Crippen molar-refractivity contribution < 1.29 is 28.0 Å². The summed E-state index contributed by atoms with van der Waals surface area (Å²) in [4.78, 5) is 11.7. The van der Waals surface area contributed by atoms with Gasteiger partial charge < -0.3 is 14.9 Å². The number of hydrogen-bond acceptors (Lipinski definition) is 7. The second-order valence-electron chi connectivity index (χ2n) is 5.21. The highest BCUT2D eigenvalue weighted by Crippen LogP contribution is 2.23. The normalized spacial score (nSPS) is 14.0. The minimum absolute atomic E-state index is 0.0663. The average Bonchev–Trinajstić information content (AvgIpc) is 2.90. The van der Waals surface area contributed by atoms with E-state index in [0.29, 0.717) is 24.4 Å². The molecule has 0 spiro atoms. The largest absolute Gasteiger partial charge is 0.487 e. The number of hydrogen-bond donors (Lipinski definition) is 4. The van der Waals surface area contributed by atoms with E-state index >= 15 is 0 Å². The number of sulfone groups is 1. The Morgan fingerprint density at radius 3 is 2.65 bits per heavy atom. The molecule has 0 aromatic carbocycles. The standard InChI is InChI=1S/C12H19N3O6S2/c1-12(10(16)14-18,23(2,19)20)5-3-8-7-9(21-15-8)4-6-13-11(17)22/h7,18H,3-6H2,1-2H3,(H,14,16)(H2,13,17,22). The van der Waals surface area contributed by atoms with E-state index in [4.69, 9.17) is 14.8 Å². The Bertz CT molecular complexity index is 672. The molecule has 1 amide bonds. The fourth-order valence-corrected chi connectivity index (χ4v) is 2.79. The number of nitrogens with one attached hydrogen (secondary N) is 2. The maximum absolute atomic E-state index is 11.8. The lowest BCUT2D eigenvalue weighted by molar-refractivity contribution is -0.131. The Morgan fingerprint density at radius 1 is 1.48 bits per heavy atom. The van der Waals surface area contributed by atoms with Crippen LogP contribution in [0, 0.1) is 0 Å². The zero-order valence-electron chi connectivity index (χ0n) is 12.7. The Morgan fingerprint density at radius 2 is 2.13 bits per heavy atom. The number of carbonyl (C=O) groups excluding carboxylic acids is 1. The molecule has 0 aliphatic heterocycles. The van der Waals surface area contributed by atoms with Crippen molar-refractivity contribution in [3.8, 4) is 0 Å². The quantitative estimate of drug-likeness (QED) is 0.282. The number of thiocarbonyl (C=S) groups is 1. The number of carbonyl (C=O) groups is 1. The Hall–Kier alpha value is -1.72. The summed E-state index contributed by atoms with van der Waals surface area (Å²) in [6.07, 6.45) is 1.46. The van der Waals surface area contributed by atoms with Crippen LogP contribution in [0.15, 0.2) is 10.6 Å². The maximum atomic E-state index is 11.8. The predicted molar refractivity (Wildman–Crippen MR) is 84.9 cm³/mol. The lowest BCUT2D eigenvalue weighted by atomic mass is 10.0. The van der Waals surface area contributed by atoms with Gasteiger partial charge in [-0.2, -0.15) is 0 Å². The fourth-order valence-electron chi connectivity index (χ4n) is 1.84. The molecule has 11 heteroatoms. The van der Waals surface area contributed by atoms with E-state index in [2.05, 4.69) is 22.7 Å². The predicted octanol–water partition coefficient (Wildman–Crippen LogP) is -0.109. The van der Waals surface area contributed by atoms with Gasteiger partial charge in [0, 0.05) is 25.3 Å². The van der Waals surface area contributed by atoms with Gasteiger partial charge in [0.1, 0.15) is 10.5 Å². The van der Waals surface area contributed by atoms with Crippen molar-refractivity contribution in [2.75, 3.05) is 12.8 Å². The number of nitrogens with zero attached hydrogens (tertiary/aromatic N) is 1. The number of aromatic nitrogens is 1. The van der Waals surface area contributed by atoms with Crippen LogP contribution in [0.3, 0.4) is 0 Å². The summed E-state index contributed by atoms with van der Waals surface area (Å²) in [7, 11) is -3.75. The van der Waals surface area contributed by atoms with E-state index in [1.807, 2.05) is 0 Å². The summed E-state index contributed by atoms with van der Waals surface area (Å²) in [6, 6.07) is 1.63. The van der Waals surface area contributed by atoms with E-state index in [1.165, 1.54) is 12.4 Å². The van der Waals surface area contributed by atoms with E-state index in [0.717, 1.165) is 6.26 Å². The molecule has 23 heavy (non-hydrogen) atoms. The summed E-state index contributed by atoms with van der Waals surface area (Å²) in [6.45, 7) is 1.60. The van der Waals surface area contributed by atoms with Gasteiger partial charge in [-0.1, -0.05) is 5.16 Å². The smallest absolute Gasteiger partial charge is 0.264 e. The Labute approximate surface area is 138 Å². The molecule has 1 rings (SSSR count). The van der Waals surface area contributed by atoms with Crippen molar-refractivity contribution in [3.63, 3.8) is 0 Å². The molecule has 1 aromatic rings. The molecule has 0 radical (unpaired) electrons. The highest BCUT2D eigenvalue weighted by molar-refractivity contribution is 7.92. The molecule has 1 heterocycles. The molecule has 0 saturated heterocycles. The lowest BCUT2D eigenvalue weighted by Crippen LogP contribution is -2.49. The molecule has 130 valence electrons. The van der Waals surface area contributed by atoms with E-state index < -0.39 is 20.5 Å². The number of amides is 1. The number of rotatable bonds is 8. The van der Waals surface area contributed by atoms with Crippen LogP contribution in [0.2, 0.25) is 0 Å². The van der Waals surface area contributed by atoms with Crippen molar-refractivity contribution >= 4 is 33.1 Å². The minimum atomic E-state index is -3.75. The maximum Gasteiger partial charge on any atom is 0.264 e. The van der Waals surface area contributed by atoms with Gasteiger partial charge in [-0.05, 0) is 32.0 Å². The summed E-state index contributed by atoms with van der Waals surface area (Å²) in [5.74, 6) is -0.471. The van der Waals surface area contributed by atoms with Gasteiger partial charge in [0.15, 0.2) is 9.84 Å². The van der Waals surface area contributed by atoms with Crippen LogP contribution in [-0.2, 0) is 27.5 Å². The second kappa shape index (κ2) is 7.70. The van der Waals surface area contributed by atoms with E-state index in [9.17, 15) is 13.2 Å². The van der Waals surface area contributed by atoms with Crippen molar-refractivity contribution in [1.29, 1.82) is 0 Å². The molecule has 0 aliphatic rings. The van der Waals surface area contributed by atoms with Gasteiger partial charge in [0.2, 0.25) is 0 Å². The van der Waals surface area contributed by atoms with Crippen molar-refractivity contribution in [1.82, 2.24) is 16.0 Å². The van der Waals surface area contributed by atoms with Crippen LogP contribution in [0.5, 0.6) is 0 Å². The molecule has 9 nitrogen and oxygen atoms in total.